The molecule has 1 aliphatic rings. The third-order valence-electron chi connectivity index (χ3n) is 3.67. The first-order valence-electron chi connectivity index (χ1n) is 7.47. The van der Waals surface area contributed by atoms with E-state index in [9.17, 15) is 0 Å². The molecule has 1 atom stereocenters. The quantitative estimate of drug-likeness (QED) is 0.615. The summed E-state index contributed by atoms with van der Waals surface area (Å²) in [6, 6.07) is 8.16. The molecular weight excluding hydrogens is 266 g/mol. The molecule has 0 aliphatic carbocycles. The normalized spacial score (nSPS) is 18.6. The number of nitrogens with one attached hydrogen (secondary N) is 2. The Morgan fingerprint density at radius 1 is 1.33 bits per heavy atom. The zero-order valence-electron chi connectivity index (χ0n) is 12.9. The summed E-state index contributed by atoms with van der Waals surface area (Å²) in [4.78, 5) is 4.24. The van der Waals surface area contributed by atoms with Gasteiger partial charge in [0.15, 0.2) is 5.96 Å². The molecule has 1 saturated heterocycles. The zero-order chi connectivity index (χ0) is 14.9. The van der Waals surface area contributed by atoms with Crippen molar-refractivity contribution in [2.24, 2.45) is 10.9 Å². The fourth-order valence-electron chi connectivity index (χ4n) is 2.32. The van der Waals surface area contributed by atoms with E-state index < -0.39 is 0 Å². The van der Waals surface area contributed by atoms with Crippen LogP contribution in [-0.4, -0.2) is 46.4 Å². The lowest BCUT2D eigenvalue weighted by molar-refractivity contribution is 0.186. The standard InChI is InChI=1S/C16H25N3O2/c1-17-16(19-11-14-8-10-21-12-14)18-9-7-13-3-5-15(20-2)6-4-13/h3-6,14H,7-12H2,1-2H3,(H2,17,18,19). The Morgan fingerprint density at radius 2 is 2.14 bits per heavy atom. The Balaban J connectivity index is 1.67. The van der Waals surface area contributed by atoms with Crippen LogP contribution in [0.3, 0.4) is 0 Å². The topological polar surface area (TPSA) is 54.9 Å². The first-order chi connectivity index (χ1) is 10.3. The van der Waals surface area contributed by atoms with E-state index in [1.54, 1.807) is 14.2 Å². The van der Waals surface area contributed by atoms with Gasteiger partial charge in [-0.1, -0.05) is 12.1 Å². The second kappa shape index (κ2) is 8.52. The highest BCUT2D eigenvalue weighted by atomic mass is 16.5. The van der Waals surface area contributed by atoms with Gasteiger partial charge in [-0.3, -0.25) is 4.99 Å². The lowest BCUT2D eigenvalue weighted by Crippen LogP contribution is -2.40. The van der Waals surface area contributed by atoms with E-state index in [0.717, 1.165) is 50.9 Å². The van der Waals surface area contributed by atoms with E-state index in [1.807, 2.05) is 12.1 Å². The van der Waals surface area contributed by atoms with Crippen LogP contribution in [0.1, 0.15) is 12.0 Å². The highest BCUT2D eigenvalue weighted by Gasteiger charge is 2.15. The third kappa shape index (κ3) is 5.27. The summed E-state index contributed by atoms with van der Waals surface area (Å²) in [5.41, 5.74) is 1.28. The predicted octanol–water partition coefficient (Wildman–Crippen LogP) is 1.44. The molecule has 0 saturated carbocycles. The number of aliphatic imine (C=N–C) groups is 1. The molecule has 0 amide bonds. The summed E-state index contributed by atoms with van der Waals surface area (Å²) in [5, 5.41) is 6.69. The minimum Gasteiger partial charge on any atom is -0.497 e. The van der Waals surface area contributed by atoms with Crippen LogP contribution < -0.4 is 15.4 Å². The second-order valence-electron chi connectivity index (χ2n) is 5.21. The molecule has 1 aliphatic heterocycles. The largest absolute Gasteiger partial charge is 0.497 e. The molecule has 0 aromatic heterocycles. The monoisotopic (exact) mass is 291 g/mol. The van der Waals surface area contributed by atoms with Crippen LogP contribution in [0.4, 0.5) is 0 Å². The number of methoxy groups -OCH3 is 1. The van der Waals surface area contributed by atoms with Gasteiger partial charge in [-0.25, -0.2) is 0 Å². The smallest absolute Gasteiger partial charge is 0.190 e. The fourth-order valence-corrected chi connectivity index (χ4v) is 2.32. The molecule has 1 aromatic rings. The number of guanidine groups is 1. The highest BCUT2D eigenvalue weighted by Crippen LogP contribution is 2.11. The number of nitrogens with zero attached hydrogens (tertiary/aromatic N) is 1. The van der Waals surface area contributed by atoms with Crippen LogP contribution in [0, 0.1) is 5.92 Å². The van der Waals surface area contributed by atoms with Gasteiger partial charge in [-0.05, 0) is 30.5 Å². The molecule has 116 valence electrons. The van der Waals surface area contributed by atoms with Crippen LogP contribution in [0.25, 0.3) is 0 Å². The van der Waals surface area contributed by atoms with Crippen LogP contribution in [0.15, 0.2) is 29.3 Å². The van der Waals surface area contributed by atoms with Crippen LogP contribution in [0.5, 0.6) is 5.75 Å². The average molecular weight is 291 g/mol. The van der Waals surface area contributed by atoms with Gasteiger partial charge in [-0.15, -0.1) is 0 Å². The molecule has 1 unspecified atom stereocenters. The summed E-state index contributed by atoms with van der Waals surface area (Å²) in [7, 11) is 3.48. The van der Waals surface area contributed by atoms with E-state index in [1.165, 1.54) is 5.56 Å². The summed E-state index contributed by atoms with van der Waals surface area (Å²) in [6.07, 6.45) is 2.09. The fraction of sp³-hybridized carbons (Fsp3) is 0.562. The minimum absolute atomic E-state index is 0.602. The lowest BCUT2D eigenvalue weighted by Gasteiger charge is -2.14. The Labute approximate surface area is 126 Å². The van der Waals surface area contributed by atoms with Crippen LogP contribution in [-0.2, 0) is 11.2 Å². The number of rotatable bonds is 6. The van der Waals surface area contributed by atoms with Crippen molar-refractivity contribution in [2.45, 2.75) is 12.8 Å². The Hall–Kier alpha value is -1.75. The molecule has 0 bridgehead atoms. The molecule has 5 nitrogen and oxygen atoms in total. The summed E-state index contributed by atoms with van der Waals surface area (Å²) in [6.45, 7) is 3.51. The Bertz CT molecular complexity index is 439. The van der Waals surface area contributed by atoms with E-state index in [2.05, 4.69) is 27.8 Å². The second-order valence-corrected chi connectivity index (χ2v) is 5.21. The van der Waals surface area contributed by atoms with Gasteiger partial charge in [0, 0.05) is 32.7 Å². The number of ether oxygens (including phenoxy) is 2. The van der Waals surface area contributed by atoms with Gasteiger partial charge in [0.05, 0.1) is 13.7 Å². The van der Waals surface area contributed by atoms with Crippen LogP contribution >= 0.6 is 0 Å². The first kappa shape index (κ1) is 15.6. The first-order valence-corrected chi connectivity index (χ1v) is 7.47. The minimum atomic E-state index is 0.602. The van der Waals surface area contributed by atoms with Gasteiger partial charge < -0.3 is 20.1 Å². The Morgan fingerprint density at radius 3 is 2.76 bits per heavy atom. The van der Waals surface area contributed by atoms with E-state index in [-0.39, 0.29) is 0 Å². The SMILES string of the molecule is CN=C(NCCc1ccc(OC)cc1)NCC1CCOC1. The average Bonchev–Trinajstić information content (AvgIpc) is 3.04. The molecule has 2 rings (SSSR count). The van der Waals surface area contributed by atoms with Gasteiger partial charge in [0.2, 0.25) is 0 Å². The van der Waals surface area contributed by atoms with Gasteiger partial charge in [0.25, 0.3) is 0 Å². The molecule has 0 spiro atoms. The number of hydrogen-bond donors (Lipinski definition) is 2. The molecule has 1 heterocycles. The highest BCUT2D eigenvalue weighted by molar-refractivity contribution is 5.79. The van der Waals surface area contributed by atoms with Crippen molar-refractivity contribution < 1.29 is 9.47 Å². The molecule has 1 fully saturated rings. The van der Waals surface area contributed by atoms with E-state index >= 15 is 0 Å². The van der Waals surface area contributed by atoms with Crippen molar-refractivity contribution in [3.8, 4) is 5.75 Å². The molecule has 21 heavy (non-hydrogen) atoms. The maximum atomic E-state index is 5.37. The maximum Gasteiger partial charge on any atom is 0.190 e. The van der Waals surface area contributed by atoms with Crippen molar-refractivity contribution in [1.82, 2.24) is 10.6 Å². The maximum absolute atomic E-state index is 5.37. The van der Waals surface area contributed by atoms with Crippen molar-refractivity contribution >= 4 is 5.96 Å². The number of hydrogen-bond acceptors (Lipinski definition) is 3. The molecule has 0 radical (unpaired) electrons. The summed E-state index contributed by atoms with van der Waals surface area (Å²) < 4.78 is 10.5. The van der Waals surface area contributed by atoms with E-state index in [4.69, 9.17) is 9.47 Å². The van der Waals surface area contributed by atoms with Crippen molar-refractivity contribution in [3.63, 3.8) is 0 Å². The molecule has 5 heteroatoms. The molecule has 1 aromatic carbocycles. The van der Waals surface area contributed by atoms with Crippen LogP contribution in [0.2, 0.25) is 0 Å². The van der Waals surface area contributed by atoms with Crippen molar-refractivity contribution in [3.05, 3.63) is 29.8 Å². The van der Waals surface area contributed by atoms with Crippen molar-refractivity contribution in [2.75, 3.05) is 40.5 Å². The molecular formula is C16H25N3O2. The summed E-state index contributed by atoms with van der Waals surface area (Å²) >= 11 is 0. The van der Waals surface area contributed by atoms with Gasteiger partial charge in [-0.2, -0.15) is 0 Å². The summed E-state index contributed by atoms with van der Waals surface area (Å²) in [5.74, 6) is 2.35. The zero-order valence-corrected chi connectivity index (χ0v) is 12.9. The third-order valence-corrected chi connectivity index (χ3v) is 3.67. The van der Waals surface area contributed by atoms with Gasteiger partial charge in [0.1, 0.15) is 5.75 Å². The van der Waals surface area contributed by atoms with Gasteiger partial charge >= 0.3 is 0 Å². The predicted molar refractivity (Wildman–Crippen MR) is 85.0 cm³/mol. The number of benzene rings is 1. The Kier molecular flexibility index (Phi) is 6.34. The van der Waals surface area contributed by atoms with E-state index in [0.29, 0.717) is 5.92 Å². The van der Waals surface area contributed by atoms with Crippen molar-refractivity contribution in [1.29, 1.82) is 0 Å². The lowest BCUT2D eigenvalue weighted by atomic mass is 10.1. The molecule has 2 N–H and O–H groups in total.